The number of aryl methyl sites for hydroxylation is 1. The lowest BCUT2D eigenvalue weighted by Crippen LogP contribution is -2.08. The molecule has 0 fully saturated rings. The van der Waals surface area contributed by atoms with E-state index in [0.29, 0.717) is 0 Å². The summed E-state index contributed by atoms with van der Waals surface area (Å²) < 4.78 is 6.66. The molecular weight excluding hydrogens is 719 g/mol. The van der Waals surface area contributed by atoms with Gasteiger partial charge in [0.1, 0.15) is 11.2 Å². The van der Waals surface area contributed by atoms with E-state index in [0.717, 1.165) is 124 Å². The molecule has 0 bridgehead atoms. The Morgan fingerprint density at radius 1 is 0.424 bits per heavy atom. The monoisotopic (exact) mass is 753 g/mol. The summed E-state index contributed by atoms with van der Waals surface area (Å²) in [6.07, 6.45) is 1.79. The van der Waals surface area contributed by atoms with Crippen molar-refractivity contribution in [3.8, 4) is 44.8 Å². The lowest BCUT2D eigenvalue weighted by atomic mass is 9.88. The van der Waals surface area contributed by atoms with Crippen LogP contribution in [0.3, 0.4) is 0 Å². The van der Waals surface area contributed by atoms with E-state index in [9.17, 15) is 0 Å². The average Bonchev–Trinajstić information content (AvgIpc) is 3.69. The van der Waals surface area contributed by atoms with Gasteiger partial charge in [-0.3, -0.25) is 4.99 Å². The number of rotatable bonds is 5. The molecule has 1 aliphatic heterocycles. The Bertz CT molecular complexity index is 3490. The van der Waals surface area contributed by atoms with Crippen LogP contribution in [0.5, 0.6) is 0 Å². The van der Waals surface area contributed by atoms with Crippen molar-refractivity contribution in [2.24, 2.45) is 4.99 Å². The fourth-order valence-electron chi connectivity index (χ4n) is 9.12. The van der Waals surface area contributed by atoms with Gasteiger partial charge in [-0.1, -0.05) is 152 Å². The van der Waals surface area contributed by atoms with Crippen LogP contribution >= 0.6 is 0 Å². The van der Waals surface area contributed by atoms with E-state index in [1.807, 2.05) is 12.1 Å². The Hall–Kier alpha value is -7.69. The van der Waals surface area contributed by atoms with Crippen LogP contribution < -0.4 is 0 Å². The molecular formula is C55H35N3O. The van der Waals surface area contributed by atoms with Crippen LogP contribution in [0.25, 0.3) is 99.3 Å². The number of nitrogens with zero attached hydrogens (tertiary/aromatic N) is 3. The first-order valence-corrected chi connectivity index (χ1v) is 20.2. The van der Waals surface area contributed by atoms with Gasteiger partial charge in [-0.15, -0.1) is 0 Å². The highest BCUT2D eigenvalue weighted by atomic mass is 16.3. The van der Waals surface area contributed by atoms with Crippen molar-refractivity contribution in [2.75, 3.05) is 0 Å². The van der Waals surface area contributed by atoms with Gasteiger partial charge in [0, 0.05) is 54.7 Å². The summed E-state index contributed by atoms with van der Waals surface area (Å²) >= 11 is 0. The highest BCUT2D eigenvalue weighted by molar-refractivity contribution is 6.28. The van der Waals surface area contributed by atoms with Crippen LogP contribution in [0.4, 0.5) is 5.69 Å². The number of benzene rings is 8. The third-order valence-electron chi connectivity index (χ3n) is 11.9. The number of pyridine rings is 2. The number of fused-ring (bicyclic) bond motifs is 9. The Morgan fingerprint density at radius 2 is 1.08 bits per heavy atom. The SMILES string of the molecule is c1ccc(-c2ccc3ccc4c(c3n2)N=C(c2cccc(-c3cccc(-c5c6c(cc7c(-c8ccccc8)nc8ccccc8c57)oc5ccccc56)c3)c2)CC4)cc1. The van der Waals surface area contributed by atoms with E-state index >= 15 is 0 Å². The summed E-state index contributed by atoms with van der Waals surface area (Å²) in [5.41, 5.74) is 16.7. The standard InChI is InChI=1S/C55H35N3O/c1-3-13-34(14-4-1)45-29-27-36-25-26-37-28-30-46(57-55(37)54(36)56-45)40-19-11-17-38(31-40)39-18-12-20-41(32-39)50-51-42-21-7-9-23-47(42)58-53(35-15-5-2-6-16-35)44(51)33-49-52(50)43-22-8-10-24-48(43)59-49/h1-27,29,31-33H,28,30H2. The van der Waals surface area contributed by atoms with E-state index in [1.165, 1.54) is 10.9 Å². The Morgan fingerprint density at radius 3 is 1.92 bits per heavy atom. The van der Waals surface area contributed by atoms with E-state index in [1.54, 1.807) is 0 Å². The molecule has 0 spiro atoms. The van der Waals surface area contributed by atoms with Gasteiger partial charge in [-0.25, -0.2) is 9.97 Å². The van der Waals surface area contributed by atoms with E-state index in [-0.39, 0.29) is 0 Å². The zero-order chi connectivity index (χ0) is 38.9. The molecule has 276 valence electrons. The Kier molecular flexibility index (Phi) is 7.63. The molecule has 4 heteroatoms. The maximum Gasteiger partial charge on any atom is 0.136 e. The third-order valence-corrected chi connectivity index (χ3v) is 11.9. The zero-order valence-corrected chi connectivity index (χ0v) is 32.1. The van der Waals surface area contributed by atoms with Crippen molar-refractivity contribution in [2.45, 2.75) is 12.8 Å². The quantitative estimate of drug-likeness (QED) is 0.164. The molecule has 3 aromatic heterocycles. The molecule has 0 saturated heterocycles. The summed E-state index contributed by atoms with van der Waals surface area (Å²) in [6.45, 7) is 0. The van der Waals surface area contributed by atoms with Crippen LogP contribution in [0.2, 0.25) is 0 Å². The van der Waals surface area contributed by atoms with Crippen molar-refractivity contribution in [1.29, 1.82) is 0 Å². The molecule has 11 aromatic rings. The number of para-hydroxylation sites is 2. The fraction of sp³-hybridized carbons (Fsp3) is 0.0364. The molecule has 59 heavy (non-hydrogen) atoms. The van der Waals surface area contributed by atoms with Gasteiger partial charge < -0.3 is 4.42 Å². The predicted octanol–water partition coefficient (Wildman–Crippen LogP) is 14.6. The number of hydrogen-bond acceptors (Lipinski definition) is 4. The van der Waals surface area contributed by atoms with Crippen LogP contribution in [0.1, 0.15) is 17.5 Å². The minimum Gasteiger partial charge on any atom is -0.456 e. The van der Waals surface area contributed by atoms with E-state index < -0.39 is 0 Å². The predicted molar refractivity (Wildman–Crippen MR) is 245 cm³/mol. The number of aromatic nitrogens is 2. The molecule has 0 N–H and O–H groups in total. The maximum absolute atomic E-state index is 6.66. The van der Waals surface area contributed by atoms with Gasteiger partial charge >= 0.3 is 0 Å². The van der Waals surface area contributed by atoms with E-state index in [2.05, 4.69) is 176 Å². The van der Waals surface area contributed by atoms with Crippen LogP contribution in [0.15, 0.2) is 197 Å². The van der Waals surface area contributed by atoms with Crippen molar-refractivity contribution in [3.63, 3.8) is 0 Å². The van der Waals surface area contributed by atoms with Crippen molar-refractivity contribution in [1.82, 2.24) is 9.97 Å². The largest absolute Gasteiger partial charge is 0.456 e. The average molecular weight is 754 g/mol. The van der Waals surface area contributed by atoms with Crippen LogP contribution in [-0.2, 0) is 6.42 Å². The number of aliphatic imine (C=N–C) groups is 1. The minimum absolute atomic E-state index is 0.851. The molecule has 0 amide bonds. The highest BCUT2D eigenvalue weighted by Crippen LogP contribution is 2.47. The smallest absolute Gasteiger partial charge is 0.136 e. The highest BCUT2D eigenvalue weighted by Gasteiger charge is 2.23. The van der Waals surface area contributed by atoms with Gasteiger partial charge in [-0.2, -0.15) is 0 Å². The van der Waals surface area contributed by atoms with E-state index in [4.69, 9.17) is 19.4 Å². The second kappa shape index (κ2) is 13.5. The molecule has 0 radical (unpaired) electrons. The first-order valence-electron chi connectivity index (χ1n) is 20.2. The number of furan rings is 1. The minimum atomic E-state index is 0.851. The van der Waals surface area contributed by atoms with Crippen molar-refractivity contribution < 1.29 is 4.42 Å². The number of hydrogen-bond donors (Lipinski definition) is 0. The van der Waals surface area contributed by atoms with Crippen molar-refractivity contribution in [3.05, 3.63) is 199 Å². The van der Waals surface area contributed by atoms with Crippen LogP contribution in [-0.4, -0.2) is 15.7 Å². The lowest BCUT2D eigenvalue weighted by Gasteiger charge is -2.18. The normalized spacial score (nSPS) is 12.7. The second-order valence-corrected chi connectivity index (χ2v) is 15.4. The maximum atomic E-state index is 6.66. The van der Waals surface area contributed by atoms with Gasteiger partial charge in [-0.05, 0) is 77.1 Å². The first-order chi connectivity index (χ1) is 29.2. The second-order valence-electron chi connectivity index (χ2n) is 15.4. The first kappa shape index (κ1) is 33.4. The molecule has 4 heterocycles. The molecule has 0 unspecified atom stereocenters. The zero-order valence-electron chi connectivity index (χ0n) is 32.1. The van der Waals surface area contributed by atoms with Gasteiger partial charge in [0.05, 0.1) is 28.1 Å². The summed E-state index contributed by atoms with van der Waals surface area (Å²) in [5.74, 6) is 0. The Labute approximate surface area is 340 Å². The lowest BCUT2D eigenvalue weighted by molar-refractivity contribution is 0.669. The van der Waals surface area contributed by atoms with Gasteiger partial charge in [0.25, 0.3) is 0 Å². The summed E-state index contributed by atoms with van der Waals surface area (Å²) in [4.78, 5) is 15.8. The molecule has 0 aliphatic carbocycles. The van der Waals surface area contributed by atoms with Crippen molar-refractivity contribution >= 4 is 65.9 Å². The summed E-state index contributed by atoms with van der Waals surface area (Å²) in [7, 11) is 0. The molecule has 0 saturated carbocycles. The topological polar surface area (TPSA) is 51.3 Å². The van der Waals surface area contributed by atoms with Gasteiger partial charge in [0.2, 0.25) is 0 Å². The molecule has 8 aromatic carbocycles. The van der Waals surface area contributed by atoms with Gasteiger partial charge in [0.15, 0.2) is 0 Å². The third kappa shape index (κ3) is 5.56. The molecule has 0 atom stereocenters. The summed E-state index contributed by atoms with van der Waals surface area (Å²) in [5, 5.41) is 6.67. The molecule has 1 aliphatic rings. The fourth-order valence-corrected chi connectivity index (χ4v) is 9.12. The molecule has 4 nitrogen and oxygen atoms in total. The van der Waals surface area contributed by atoms with Crippen LogP contribution in [0, 0.1) is 0 Å². The Balaban J connectivity index is 1.03. The summed E-state index contributed by atoms with van der Waals surface area (Å²) in [6, 6.07) is 66.5. The molecule has 12 rings (SSSR count).